The van der Waals surface area contributed by atoms with Crippen molar-refractivity contribution >= 4 is 6.09 Å². The normalized spacial score (nSPS) is 16.8. The summed E-state index contributed by atoms with van der Waals surface area (Å²) in [6, 6.07) is 15.1. The smallest absolute Gasteiger partial charge is 0.410 e. The van der Waals surface area contributed by atoms with Gasteiger partial charge in [-0.05, 0) is 44.8 Å². The van der Waals surface area contributed by atoms with Gasteiger partial charge in [0, 0.05) is 24.1 Å². The highest BCUT2D eigenvalue weighted by molar-refractivity contribution is 5.68. The molecule has 0 spiro atoms. The van der Waals surface area contributed by atoms with Gasteiger partial charge in [-0.2, -0.15) is 0 Å². The number of pyridine rings is 1. The van der Waals surface area contributed by atoms with Crippen molar-refractivity contribution in [1.82, 2.24) is 15.2 Å². The molecule has 0 bridgehead atoms. The third-order valence-electron chi connectivity index (χ3n) is 5.61. The van der Waals surface area contributed by atoms with Crippen LogP contribution >= 0.6 is 0 Å². The summed E-state index contributed by atoms with van der Waals surface area (Å²) in [5.74, 6) is 0.00955. The predicted molar refractivity (Wildman–Crippen MR) is 122 cm³/mol. The molecular formula is C25H32FN3O3. The van der Waals surface area contributed by atoms with Crippen LogP contribution in [0, 0.1) is 11.2 Å². The van der Waals surface area contributed by atoms with Gasteiger partial charge >= 0.3 is 6.09 Å². The molecule has 7 heteroatoms. The lowest BCUT2D eigenvalue weighted by Gasteiger charge is -2.40. The second-order valence-electron chi connectivity index (χ2n) is 8.23. The van der Waals surface area contributed by atoms with E-state index in [4.69, 9.17) is 9.47 Å². The number of aromatic nitrogens is 1. The number of nitrogens with zero attached hydrogens (tertiary/aromatic N) is 2. The van der Waals surface area contributed by atoms with Crippen LogP contribution < -0.4 is 10.1 Å². The Labute approximate surface area is 189 Å². The molecule has 1 saturated carbocycles. The van der Waals surface area contributed by atoms with Gasteiger partial charge in [-0.15, -0.1) is 0 Å². The molecule has 1 N–H and O–H groups in total. The summed E-state index contributed by atoms with van der Waals surface area (Å²) in [5.41, 5.74) is -0.170. The molecule has 2 fully saturated rings. The molecule has 2 aromatic rings. The number of ether oxygens (including phenoxy) is 2. The third-order valence-corrected chi connectivity index (χ3v) is 5.61. The Morgan fingerprint density at radius 1 is 1.19 bits per heavy atom. The zero-order chi connectivity index (χ0) is 22.7. The van der Waals surface area contributed by atoms with Crippen LogP contribution in [0.25, 0.3) is 0 Å². The van der Waals surface area contributed by atoms with E-state index in [0.29, 0.717) is 19.0 Å². The van der Waals surface area contributed by atoms with Crippen LogP contribution in [0.3, 0.4) is 0 Å². The summed E-state index contributed by atoms with van der Waals surface area (Å²) in [5, 5.41) is 3.36. The number of carbonyl (C=O) groups excluding carboxylic acids is 1. The van der Waals surface area contributed by atoms with E-state index in [1.165, 1.54) is 12.1 Å². The van der Waals surface area contributed by atoms with Crippen molar-refractivity contribution in [2.75, 3.05) is 32.8 Å². The van der Waals surface area contributed by atoms with Crippen LogP contribution in [0.15, 0.2) is 67.4 Å². The first-order valence-electron chi connectivity index (χ1n) is 11.1. The Morgan fingerprint density at radius 2 is 1.84 bits per heavy atom. The van der Waals surface area contributed by atoms with Crippen LogP contribution in [0.4, 0.5) is 9.18 Å². The minimum absolute atomic E-state index is 0.170. The van der Waals surface area contributed by atoms with Gasteiger partial charge in [0.2, 0.25) is 5.88 Å². The number of hydrogen-bond donors (Lipinski definition) is 1. The van der Waals surface area contributed by atoms with Crippen LogP contribution in [0.2, 0.25) is 0 Å². The van der Waals surface area contributed by atoms with Crippen molar-refractivity contribution < 1.29 is 18.7 Å². The summed E-state index contributed by atoms with van der Waals surface area (Å²) in [6.45, 7) is 6.59. The maximum Gasteiger partial charge on any atom is 0.410 e. The largest absolute Gasteiger partial charge is 0.477 e. The molecule has 6 nitrogen and oxygen atoms in total. The number of benzene rings is 1. The van der Waals surface area contributed by atoms with E-state index >= 15 is 0 Å². The molecule has 1 saturated heterocycles. The number of hydrogen-bond acceptors (Lipinski definition) is 5. The van der Waals surface area contributed by atoms with Gasteiger partial charge in [-0.3, -0.25) is 0 Å². The monoisotopic (exact) mass is 441 g/mol. The van der Waals surface area contributed by atoms with Crippen molar-refractivity contribution in [1.29, 1.82) is 0 Å². The van der Waals surface area contributed by atoms with Crippen molar-refractivity contribution in [3.63, 3.8) is 0 Å². The van der Waals surface area contributed by atoms with E-state index in [1.54, 1.807) is 6.08 Å². The first-order valence-corrected chi connectivity index (χ1v) is 11.1. The molecule has 172 valence electrons. The minimum Gasteiger partial charge on any atom is -0.477 e. The lowest BCUT2D eigenvalue weighted by molar-refractivity contribution is 0.0422. The van der Waals surface area contributed by atoms with Crippen LogP contribution in [0.5, 0.6) is 5.88 Å². The Hall–Kier alpha value is -2.93. The quantitative estimate of drug-likeness (QED) is 0.614. The first kappa shape index (κ1) is 23.7. The second kappa shape index (κ2) is 12.2. The highest BCUT2D eigenvalue weighted by Gasteiger charge is 2.42. The van der Waals surface area contributed by atoms with Crippen molar-refractivity contribution in [2.45, 2.75) is 31.7 Å². The fourth-order valence-corrected chi connectivity index (χ4v) is 3.67. The minimum atomic E-state index is -0.390. The summed E-state index contributed by atoms with van der Waals surface area (Å²) in [4.78, 5) is 18.3. The molecule has 4 rings (SSSR count). The average molecular weight is 442 g/mol. The number of nitrogens with one attached hydrogen (secondary N) is 1. The molecule has 0 unspecified atom stereocenters. The molecule has 0 radical (unpaired) electrons. The van der Waals surface area contributed by atoms with Crippen LogP contribution in [-0.2, 0) is 4.74 Å². The number of piperidine rings is 1. The van der Waals surface area contributed by atoms with Gasteiger partial charge in [0.15, 0.2) is 0 Å². The van der Waals surface area contributed by atoms with E-state index in [1.807, 2.05) is 41.3 Å². The molecule has 32 heavy (non-hydrogen) atoms. The standard InChI is InChI=1S/C19H26FN3O3.C6H6/c1-2-11-25-18(24)23(16-4-5-16)13-19(7-9-21-10-8-19)14-26-17-6-3-15(20)12-22-17;1-2-4-6-5-3-1/h2-3,6,12,16,21H,1,4-5,7-11,13-14H2;1-6H. The van der Waals surface area contributed by atoms with Crippen LogP contribution in [0.1, 0.15) is 25.7 Å². The number of amides is 1. The van der Waals surface area contributed by atoms with Crippen molar-refractivity contribution in [3.8, 4) is 5.88 Å². The Morgan fingerprint density at radius 3 is 2.38 bits per heavy atom. The zero-order valence-electron chi connectivity index (χ0n) is 18.4. The summed E-state index contributed by atoms with van der Waals surface area (Å²) >= 11 is 0. The maximum absolute atomic E-state index is 13.0. The molecule has 1 amide bonds. The summed E-state index contributed by atoms with van der Waals surface area (Å²) in [6.07, 6.45) is 6.25. The van der Waals surface area contributed by atoms with Gasteiger partial charge in [0.1, 0.15) is 12.4 Å². The highest BCUT2D eigenvalue weighted by atomic mass is 19.1. The van der Waals surface area contributed by atoms with Gasteiger partial charge in [0.05, 0.1) is 12.8 Å². The Kier molecular flexibility index (Phi) is 9.04. The zero-order valence-corrected chi connectivity index (χ0v) is 18.4. The fourth-order valence-electron chi connectivity index (χ4n) is 3.67. The van der Waals surface area contributed by atoms with Crippen LogP contribution in [-0.4, -0.2) is 54.9 Å². The number of rotatable bonds is 8. The summed E-state index contributed by atoms with van der Waals surface area (Å²) < 4.78 is 24.2. The SMILES string of the molecule is C=CCOC(=O)N(CC1(COc2ccc(F)cn2)CCNCC1)C1CC1.c1ccccc1. The lowest BCUT2D eigenvalue weighted by Crippen LogP contribution is -2.50. The molecule has 1 aromatic heterocycles. The third kappa shape index (κ3) is 7.64. The Balaban J connectivity index is 0.000000416. The first-order chi connectivity index (χ1) is 15.6. The molecule has 2 aliphatic rings. The second-order valence-corrected chi connectivity index (χ2v) is 8.23. The topological polar surface area (TPSA) is 63.7 Å². The Bertz CT molecular complexity index is 795. The highest BCUT2D eigenvalue weighted by Crippen LogP contribution is 2.36. The lowest BCUT2D eigenvalue weighted by atomic mass is 9.79. The van der Waals surface area contributed by atoms with E-state index in [0.717, 1.165) is 45.0 Å². The van der Waals surface area contributed by atoms with E-state index in [2.05, 4.69) is 16.9 Å². The van der Waals surface area contributed by atoms with Gasteiger partial charge < -0.3 is 19.7 Å². The fraction of sp³-hybridized carbons (Fsp3) is 0.440. The average Bonchev–Trinajstić information content (AvgIpc) is 3.68. The van der Waals surface area contributed by atoms with E-state index in [-0.39, 0.29) is 30.0 Å². The van der Waals surface area contributed by atoms with Gasteiger partial charge in [-0.1, -0.05) is 49.1 Å². The summed E-state index contributed by atoms with van der Waals surface area (Å²) in [7, 11) is 0. The molecule has 1 aliphatic carbocycles. The van der Waals surface area contributed by atoms with E-state index in [9.17, 15) is 9.18 Å². The molecule has 1 aromatic carbocycles. The molecule has 1 aliphatic heterocycles. The van der Waals surface area contributed by atoms with Crippen molar-refractivity contribution in [3.05, 3.63) is 73.2 Å². The molecular weight excluding hydrogens is 409 g/mol. The number of carbonyl (C=O) groups is 1. The molecule has 2 heterocycles. The number of halogens is 1. The van der Waals surface area contributed by atoms with Gasteiger partial charge in [-0.25, -0.2) is 14.2 Å². The van der Waals surface area contributed by atoms with E-state index < -0.39 is 0 Å². The van der Waals surface area contributed by atoms with Gasteiger partial charge in [0.25, 0.3) is 0 Å². The van der Waals surface area contributed by atoms with Crippen molar-refractivity contribution in [2.24, 2.45) is 5.41 Å². The maximum atomic E-state index is 13.0. The predicted octanol–water partition coefficient (Wildman–Crippen LogP) is 4.44. The molecule has 0 atom stereocenters.